The molecule has 40 heavy (non-hydrogen) atoms. The molecule has 8 nitrogen and oxygen atoms in total. The molecule has 0 radical (unpaired) electrons. The number of aromatic amines is 2. The lowest BCUT2D eigenvalue weighted by Crippen LogP contribution is -2.36. The third-order valence-corrected chi connectivity index (χ3v) is 7.68. The molecule has 206 valence electrons. The molecule has 2 fully saturated rings. The molecular formula is C32H36N6O2. The summed E-state index contributed by atoms with van der Waals surface area (Å²) in [4.78, 5) is 33.3. The number of nitrogens with one attached hydrogen (secondary N) is 2. The van der Waals surface area contributed by atoms with E-state index in [9.17, 15) is 4.79 Å². The van der Waals surface area contributed by atoms with E-state index in [1.54, 1.807) is 4.90 Å². The predicted octanol–water partition coefficient (Wildman–Crippen LogP) is 6.19. The molecule has 2 aliphatic rings. The Bertz CT molecular complexity index is 1580. The van der Waals surface area contributed by atoms with Crippen LogP contribution in [0, 0.1) is 11.8 Å². The van der Waals surface area contributed by atoms with Crippen molar-refractivity contribution in [3.8, 4) is 23.1 Å². The van der Waals surface area contributed by atoms with Gasteiger partial charge < -0.3 is 14.7 Å². The van der Waals surface area contributed by atoms with Crippen LogP contribution in [0.4, 0.5) is 4.79 Å². The number of amides is 1. The molecule has 8 heteroatoms. The maximum Gasteiger partial charge on any atom is 0.410 e. The minimum Gasteiger partial charge on any atom is -0.444 e. The van der Waals surface area contributed by atoms with E-state index < -0.39 is 5.60 Å². The van der Waals surface area contributed by atoms with Crippen molar-refractivity contribution >= 4 is 17.1 Å². The zero-order valence-corrected chi connectivity index (χ0v) is 23.6. The zero-order valence-electron chi connectivity index (χ0n) is 23.6. The number of benzene rings is 2. The largest absolute Gasteiger partial charge is 0.444 e. The number of fused-ring (bicyclic) bond motifs is 1. The Morgan fingerprint density at radius 1 is 0.950 bits per heavy atom. The molecule has 2 saturated heterocycles. The Morgan fingerprint density at radius 2 is 1.68 bits per heavy atom. The molecule has 1 amide bonds. The molecule has 4 aromatic rings. The maximum absolute atomic E-state index is 12.7. The monoisotopic (exact) mass is 536 g/mol. The van der Waals surface area contributed by atoms with Crippen molar-refractivity contribution in [2.75, 3.05) is 20.1 Å². The molecule has 4 heterocycles. The van der Waals surface area contributed by atoms with E-state index in [-0.39, 0.29) is 12.1 Å². The smallest absolute Gasteiger partial charge is 0.410 e. The Morgan fingerprint density at radius 3 is 2.42 bits per heavy atom. The van der Waals surface area contributed by atoms with Crippen molar-refractivity contribution in [3.05, 3.63) is 71.4 Å². The summed E-state index contributed by atoms with van der Waals surface area (Å²) in [5.74, 6) is 8.40. The van der Waals surface area contributed by atoms with E-state index in [1.807, 2.05) is 57.3 Å². The van der Waals surface area contributed by atoms with Gasteiger partial charge in [-0.05, 0) is 95.9 Å². The van der Waals surface area contributed by atoms with Gasteiger partial charge >= 0.3 is 6.09 Å². The van der Waals surface area contributed by atoms with Crippen LogP contribution < -0.4 is 0 Å². The molecule has 0 aliphatic carbocycles. The molecule has 0 spiro atoms. The summed E-state index contributed by atoms with van der Waals surface area (Å²) >= 11 is 0. The summed E-state index contributed by atoms with van der Waals surface area (Å²) < 4.78 is 5.62. The minimum atomic E-state index is -0.527. The highest BCUT2D eigenvalue weighted by molar-refractivity contribution is 5.77. The third kappa shape index (κ3) is 5.47. The molecule has 6 rings (SSSR count). The predicted molar refractivity (Wildman–Crippen MR) is 156 cm³/mol. The van der Waals surface area contributed by atoms with Gasteiger partial charge in [-0.2, -0.15) is 0 Å². The van der Waals surface area contributed by atoms with Crippen molar-refractivity contribution in [1.82, 2.24) is 29.7 Å². The fourth-order valence-corrected chi connectivity index (χ4v) is 5.64. The van der Waals surface area contributed by atoms with Crippen molar-refractivity contribution in [3.63, 3.8) is 0 Å². The van der Waals surface area contributed by atoms with Gasteiger partial charge in [0.15, 0.2) is 0 Å². The number of aromatic nitrogens is 4. The standard InChI is InChI=1S/C32H36N6O2/c1-32(2,3)40-31(39)38-18-6-8-28(38)30-34-24-16-13-22(19-25(24)35-30)10-9-21-11-14-23(15-12-21)26-20-33-29(36-26)27-7-5-17-37(27)4/h11-16,19-20,27-28H,5-8,17-18H2,1-4H3,(H,33,36)(H,34,35)/t27-,28+/m1/s1. The van der Waals surface area contributed by atoms with E-state index in [1.165, 1.54) is 6.42 Å². The summed E-state index contributed by atoms with van der Waals surface area (Å²) in [6, 6.07) is 14.5. The first-order valence-electron chi connectivity index (χ1n) is 14.1. The maximum atomic E-state index is 12.7. The average Bonchev–Trinajstić information content (AvgIpc) is 3.72. The Hall–Kier alpha value is -4.09. The fourth-order valence-electron chi connectivity index (χ4n) is 5.64. The van der Waals surface area contributed by atoms with Crippen molar-refractivity contribution in [1.29, 1.82) is 0 Å². The van der Waals surface area contributed by atoms with Gasteiger partial charge in [-0.15, -0.1) is 0 Å². The molecule has 2 aromatic heterocycles. The number of rotatable bonds is 3. The number of nitrogens with zero attached hydrogens (tertiary/aromatic N) is 4. The van der Waals surface area contributed by atoms with E-state index in [4.69, 9.17) is 9.72 Å². The van der Waals surface area contributed by atoms with Crippen LogP contribution in [0.25, 0.3) is 22.3 Å². The average molecular weight is 537 g/mol. The van der Waals surface area contributed by atoms with Crippen molar-refractivity contribution in [2.24, 2.45) is 0 Å². The number of hydrogen-bond acceptors (Lipinski definition) is 5. The summed E-state index contributed by atoms with van der Waals surface area (Å²) in [6.07, 6.45) is 5.78. The van der Waals surface area contributed by atoms with Crippen LogP contribution in [-0.2, 0) is 4.74 Å². The molecule has 0 bridgehead atoms. The SMILES string of the molecule is CN1CCC[C@@H]1c1ncc(-c2ccc(C#Cc3ccc4nc([C@@H]5CCCN5C(=O)OC(C)(C)C)[nH]c4c3)cc2)[nH]1. The summed E-state index contributed by atoms with van der Waals surface area (Å²) in [6.45, 7) is 7.46. The first-order valence-corrected chi connectivity index (χ1v) is 14.1. The first kappa shape index (κ1) is 26.1. The summed E-state index contributed by atoms with van der Waals surface area (Å²) in [5, 5.41) is 0. The number of carbonyl (C=O) groups is 1. The van der Waals surface area contributed by atoms with Gasteiger partial charge in [0.25, 0.3) is 0 Å². The Kier molecular flexibility index (Phi) is 6.85. The van der Waals surface area contributed by atoms with Gasteiger partial charge in [-0.3, -0.25) is 9.80 Å². The Balaban J connectivity index is 1.15. The summed E-state index contributed by atoms with van der Waals surface area (Å²) in [7, 11) is 2.16. The molecule has 2 N–H and O–H groups in total. The fraction of sp³-hybridized carbons (Fsp3) is 0.406. The molecule has 2 aromatic carbocycles. The van der Waals surface area contributed by atoms with Gasteiger partial charge in [-0.25, -0.2) is 14.8 Å². The van der Waals surface area contributed by atoms with Crippen molar-refractivity contribution in [2.45, 2.75) is 64.1 Å². The van der Waals surface area contributed by atoms with Crippen molar-refractivity contribution < 1.29 is 9.53 Å². The Labute approximate surface area is 235 Å². The van der Waals surface area contributed by atoms with Gasteiger partial charge in [-0.1, -0.05) is 24.0 Å². The zero-order chi connectivity index (χ0) is 27.9. The number of H-pyrrole nitrogens is 2. The van der Waals surface area contributed by atoms with Crippen LogP contribution in [0.5, 0.6) is 0 Å². The number of ether oxygens (including phenoxy) is 1. The number of carbonyl (C=O) groups excluding carboxylic acids is 1. The van der Waals surface area contributed by atoms with Gasteiger partial charge in [0, 0.05) is 17.7 Å². The van der Waals surface area contributed by atoms with Crippen LogP contribution in [0.1, 0.15) is 81.3 Å². The highest BCUT2D eigenvalue weighted by Gasteiger charge is 2.35. The second kappa shape index (κ2) is 10.5. The topological polar surface area (TPSA) is 90.1 Å². The second-order valence-electron chi connectivity index (χ2n) is 11.8. The van der Waals surface area contributed by atoms with Crippen LogP contribution in [0.3, 0.4) is 0 Å². The van der Waals surface area contributed by atoms with Crippen LogP contribution in [0.2, 0.25) is 0 Å². The second-order valence-corrected chi connectivity index (χ2v) is 11.8. The molecule has 0 saturated carbocycles. The quantitative estimate of drug-likeness (QED) is 0.305. The highest BCUT2D eigenvalue weighted by Crippen LogP contribution is 2.33. The lowest BCUT2D eigenvalue weighted by atomic mass is 10.1. The summed E-state index contributed by atoms with van der Waals surface area (Å²) in [5.41, 5.74) is 5.23. The van der Waals surface area contributed by atoms with Crippen LogP contribution >= 0.6 is 0 Å². The highest BCUT2D eigenvalue weighted by atomic mass is 16.6. The molecule has 2 atom stereocenters. The van der Waals surface area contributed by atoms with E-state index >= 15 is 0 Å². The molecular weight excluding hydrogens is 500 g/mol. The third-order valence-electron chi connectivity index (χ3n) is 7.68. The van der Waals surface area contributed by atoms with E-state index in [2.05, 4.69) is 50.9 Å². The lowest BCUT2D eigenvalue weighted by Gasteiger charge is -2.27. The van der Waals surface area contributed by atoms with E-state index in [0.29, 0.717) is 12.6 Å². The van der Waals surface area contributed by atoms with E-state index in [0.717, 1.165) is 70.9 Å². The van der Waals surface area contributed by atoms with Crippen LogP contribution in [0.15, 0.2) is 48.7 Å². The van der Waals surface area contributed by atoms with Crippen LogP contribution in [-0.4, -0.2) is 61.6 Å². The molecule has 0 unspecified atom stereocenters. The number of hydrogen-bond donors (Lipinski definition) is 2. The first-order chi connectivity index (χ1) is 19.2. The normalized spacial score (nSPS) is 19.6. The number of imidazole rings is 2. The van der Waals surface area contributed by atoms with Gasteiger partial charge in [0.2, 0.25) is 0 Å². The molecule has 2 aliphatic heterocycles. The van der Waals surface area contributed by atoms with Gasteiger partial charge in [0.05, 0.1) is 35.0 Å². The lowest BCUT2D eigenvalue weighted by molar-refractivity contribution is 0.0219. The minimum absolute atomic E-state index is 0.111. The van der Waals surface area contributed by atoms with Gasteiger partial charge in [0.1, 0.15) is 17.2 Å². The number of likely N-dealkylation sites (tertiary alicyclic amines) is 2.